The maximum atomic E-state index is 9.45. The highest BCUT2D eigenvalue weighted by atomic mass is 16.5. The van der Waals surface area contributed by atoms with Crippen molar-refractivity contribution in [1.29, 1.82) is 0 Å². The molecule has 3 N–H and O–H groups in total. The van der Waals surface area contributed by atoms with E-state index in [1.54, 1.807) is 0 Å². The van der Waals surface area contributed by atoms with Gasteiger partial charge in [0.2, 0.25) is 0 Å². The van der Waals surface area contributed by atoms with E-state index in [0.29, 0.717) is 0 Å². The lowest BCUT2D eigenvalue weighted by Crippen LogP contribution is -2.58. The molecule has 1 aliphatic heterocycles. The van der Waals surface area contributed by atoms with Gasteiger partial charge in [-0.25, -0.2) is 0 Å². The Morgan fingerprint density at radius 1 is 1.33 bits per heavy atom. The second-order valence-electron chi connectivity index (χ2n) is 5.29. The van der Waals surface area contributed by atoms with Crippen LogP contribution in [0.2, 0.25) is 0 Å². The zero-order valence-corrected chi connectivity index (χ0v) is 10.1. The first kappa shape index (κ1) is 12.9. The third-order valence-electron chi connectivity index (χ3n) is 3.12. The van der Waals surface area contributed by atoms with E-state index in [4.69, 9.17) is 10.5 Å². The largest absolute Gasteiger partial charge is 0.395 e. The minimum absolute atomic E-state index is 0.0133. The average Bonchev–Trinajstić information content (AvgIpc) is 2.19. The highest BCUT2D eigenvalue weighted by Crippen LogP contribution is 2.23. The van der Waals surface area contributed by atoms with Gasteiger partial charge in [0.25, 0.3) is 0 Å². The number of hydrogen-bond donors (Lipinski definition) is 2. The Balaban J connectivity index is 2.60. The van der Waals surface area contributed by atoms with Gasteiger partial charge in [0.1, 0.15) is 0 Å². The first-order valence-corrected chi connectivity index (χ1v) is 5.65. The molecule has 4 nitrogen and oxygen atoms in total. The molecule has 0 saturated carbocycles. The molecule has 1 aliphatic rings. The van der Waals surface area contributed by atoms with Crippen molar-refractivity contribution in [2.24, 2.45) is 11.1 Å². The molecule has 1 rings (SSSR count). The molecule has 0 bridgehead atoms. The van der Waals surface area contributed by atoms with Crippen LogP contribution in [0.1, 0.15) is 20.8 Å². The SMILES string of the molecule is CC(C)(C)C(N)C(CO)N1CCOCC1. The smallest absolute Gasteiger partial charge is 0.0602 e. The normalized spacial score (nSPS) is 23.8. The van der Waals surface area contributed by atoms with Crippen molar-refractivity contribution < 1.29 is 9.84 Å². The van der Waals surface area contributed by atoms with Crippen molar-refractivity contribution in [3.05, 3.63) is 0 Å². The summed E-state index contributed by atoms with van der Waals surface area (Å²) in [5, 5.41) is 9.45. The maximum Gasteiger partial charge on any atom is 0.0602 e. The fourth-order valence-corrected chi connectivity index (χ4v) is 1.94. The fourth-order valence-electron chi connectivity index (χ4n) is 1.94. The van der Waals surface area contributed by atoms with Crippen LogP contribution in [0, 0.1) is 5.41 Å². The van der Waals surface area contributed by atoms with Crippen LogP contribution in [0.15, 0.2) is 0 Å². The topological polar surface area (TPSA) is 58.7 Å². The van der Waals surface area contributed by atoms with Crippen LogP contribution in [0.3, 0.4) is 0 Å². The van der Waals surface area contributed by atoms with Gasteiger partial charge >= 0.3 is 0 Å². The summed E-state index contributed by atoms with van der Waals surface area (Å²) in [5.74, 6) is 0. The summed E-state index contributed by atoms with van der Waals surface area (Å²) in [6.07, 6.45) is 0. The predicted octanol–water partition coefficient (Wildman–Crippen LogP) is 0.0529. The van der Waals surface area contributed by atoms with Gasteiger partial charge in [0.15, 0.2) is 0 Å². The number of ether oxygens (including phenoxy) is 1. The molecule has 0 amide bonds. The number of aliphatic hydroxyl groups excluding tert-OH is 1. The van der Waals surface area contributed by atoms with E-state index < -0.39 is 0 Å². The molecule has 1 saturated heterocycles. The molecule has 0 spiro atoms. The van der Waals surface area contributed by atoms with Crippen molar-refractivity contribution in [2.45, 2.75) is 32.9 Å². The number of hydrogen-bond acceptors (Lipinski definition) is 4. The molecule has 0 aromatic carbocycles. The molecule has 1 heterocycles. The van der Waals surface area contributed by atoms with Crippen molar-refractivity contribution >= 4 is 0 Å². The summed E-state index contributed by atoms with van der Waals surface area (Å²) >= 11 is 0. The van der Waals surface area contributed by atoms with Gasteiger partial charge in [0, 0.05) is 25.2 Å². The Kier molecular flexibility index (Phi) is 4.52. The van der Waals surface area contributed by atoms with E-state index in [2.05, 4.69) is 25.7 Å². The van der Waals surface area contributed by atoms with Gasteiger partial charge < -0.3 is 15.6 Å². The van der Waals surface area contributed by atoms with E-state index in [1.165, 1.54) is 0 Å². The molecule has 2 atom stereocenters. The highest BCUT2D eigenvalue weighted by Gasteiger charge is 2.33. The lowest BCUT2D eigenvalue weighted by molar-refractivity contribution is -0.0143. The summed E-state index contributed by atoms with van der Waals surface area (Å²) in [6, 6.07) is 0.0366. The fraction of sp³-hybridized carbons (Fsp3) is 1.00. The average molecular weight is 216 g/mol. The van der Waals surface area contributed by atoms with Crippen LogP contribution in [-0.4, -0.2) is 55.0 Å². The Bertz CT molecular complexity index is 186. The third-order valence-corrected chi connectivity index (χ3v) is 3.12. The van der Waals surface area contributed by atoms with E-state index in [9.17, 15) is 5.11 Å². The van der Waals surface area contributed by atoms with Crippen molar-refractivity contribution in [2.75, 3.05) is 32.9 Å². The third kappa shape index (κ3) is 3.41. The van der Waals surface area contributed by atoms with E-state index in [1.807, 2.05) is 0 Å². The van der Waals surface area contributed by atoms with Gasteiger partial charge in [-0.15, -0.1) is 0 Å². The molecule has 90 valence electrons. The molecule has 1 fully saturated rings. The molecule has 0 aliphatic carbocycles. The number of morpholine rings is 1. The van der Waals surface area contributed by atoms with Gasteiger partial charge in [-0.2, -0.15) is 0 Å². The van der Waals surface area contributed by atoms with Crippen LogP contribution in [0.5, 0.6) is 0 Å². The summed E-state index contributed by atoms with van der Waals surface area (Å²) in [6.45, 7) is 9.69. The minimum Gasteiger partial charge on any atom is -0.395 e. The van der Waals surface area contributed by atoms with Gasteiger partial charge in [-0.3, -0.25) is 4.90 Å². The zero-order chi connectivity index (χ0) is 11.5. The van der Waals surface area contributed by atoms with Crippen molar-refractivity contribution in [1.82, 2.24) is 4.90 Å². The second-order valence-corrected chi connectivity index (χ2v) is 5.29. The summed E-state index contributed by atoms with van der Waals surface area (Å²) < 4.78 is 5.30. The quantitative estimate of drug-likeness (QED) is 0.700. The Morgan fingerprint density at radius 3 is 2.27 bits per heavy atom. The molecule has 0 aromatic heterocycles. The zero-order valence-electron chi connectivity index (χ0n) is 10.1. The summed E-state index contributed by atoms with van der Waals surface area (Å²) in [4.78, 5) is 2.24. The van der Waals surface area contributed by atoms with Crippen LogP contribution in [0.25, 0.3) is 0 Å². The molecule has 0 aromatic rings. The van der Waals surface area contributed by atoms with E-state index >= 15 is 0 Å². The summed E-state index contributed by atoms with van der Waals surface area (Å²) in [5.41, 5.74) is 6.21. The Morgan fingerprint density at radius 2 is 1.87 bits per heavy atom. The van der Waals surface area contributed by atoms with Crippen LogP contribution >= 0.6 is 0 Å². The first-order valence-electron chi connectivity index (χ1n) is 5.65. The molecular formula is C11H24N2O2. The lowest BCUT2D eigenvalue weighted by Gasteiger charge is -2.41. The van der Waals surface area contributed by atoms with Crippen LogP contribution < -0.4 is 5.73 Å². The van der Waals surface area contributed by atoms with E-state index in [-0.39, 0.29) is 24.1 Å². The predicted molar refractivity (Wildman–Crippen MR) is 60.7 cm³/mol. The van der Waals surface area contributed by atoms with Crippen molar-refractivity contribution in [3.8, 4) is 0 Å². The summed E-state index contributed by atoms with van der Waals surface area (Å²) in [7, 11) is 0. The number of nitrogens with two attached hydrogens (primary N) is 1. The number of nitrogens with zero attached hydrogens (tertiary/aromatic N) is 1. The monoisotopic (exact) mass is 216 g/mol. The maximum absolute atomic E-state index is 9.45. The van der Waals surface area contributed by atoms with Crippen LogP contribution in [0.4, 0.5) is 0 Å². The first-order chi connectivity index (χ1) is 6.96. The molecule has 15 heavy (non-hydrogen) atoms. The Hall–Kier alpha value is -0.160. The minimum atomic E-state index is -0.0133. The molecule has 4 heteroatoms. The van der Waals surface area contributed by atoms with Gasteiger partial charge in [0.05, 0.1) is 19.8 Å². The standard InChI is InChI=1S/C11H24N2O2/c1-11(2,3)10(12)9(8-14)13-4-6-15-7-5-13/h9-10,14H,4-8,12H2,1-3H3. The number of rotatable bonds is 3. The van der Waals surface area contributed by atoms with Crippen molar-refractivity contribution in [3.63, 3.8) is 0 Å². The molecule has 0 radical (unpaired) electrons. The van der Waals surface area contributed by atoms with Crippen LogP contribution in [-0.2, 0) is 4.74 Å². The highest BCUT2D eigenvalue weighted by molar-refractivity contribution is 4.90. The van der Waals surface area contributed by atoms with Gasteiger partial charge in [-0.1, -0.05) is 20.8 Å². The van der Waals surface area contributed by atoms with E-state index in [0.717, 1.165) is 26.3 Å². The number of aliphatic hydroxyl groups is 1. The Labute approximate surface area is 92.4 Å². The molecule has 2 unspecified atom stereocenters. The molecular weight excluding hydrogens is 192 g/mol. The second kappa shape index (κ2) is 5.25. The van der Waals surface area contributed by atoms with Gasteiger partial charge in [-0.05, 0) is 5.41 Å². The lowest BCUT2D eigenvalue weighted by atomic mass is 9.82.